The summed E-state index contributed by atoms with van der Waals surface area (Å²) in [5, 5.41) is 3.88. The molecule has 3 aromatic rings. The van der Waals surface area contributed by atoms with Crippen molar-refractivity contribution in [3.8, 4) is 11.5 Å². The summed E-state index contributed by atoms with van der Waals surface area (Å²) in [6.45, 7) is 2.30. The average Bonchev–Trinajstić information content (AvgIpc) is 2.82. The molecule has 0 aliphatic rings. The lowest BCUT2D eigenvalue weighted by atomic mass is 10.2. The zero-order valence-electron chi connectivity index (χ0n) is 18.0. The van der Waals surface area contributed by atoms with E-state index in [9.17, 15) is 4.79 Å². The molecule has 1 atom stereocenters. The number of rotatable bonds is 10. The summed E-state index contributed by atoms with van der Waals surface area (Å²) in [6, 6.07) is 23.7. The molecule has 0 aliphatic carbocycles. The maximum absolute atomic E-state index is 12.3. The Hall–Kier alpha value is -2.77. The van der Waals surface area contributed by atoms with Crippen LogP contribution in [0.4, 0.5) is 0 Å². The summed E-state index contributed by atoms with van der Waals surface area (Å²) in [7, 11) is 1.59. The van der Waals surface area contributed by atoms with Gasteiger partial charge in [-0.05, 0) is 51.7 Å². The lowest BCUT2D eigenvalue weighted by molar-refractivity contribution is -0.120. The van der Waals surface area contributed by atoms with Crippen LogP contribution in [0.2, 0.25) is 0 Å². The van der Waals surface area contributed by atoms with E-state index in [0.717, 1.165) is 21.4 Å². The molecule has 0 fully saturated rings. The number of amides is 1. The van der Waals surface area contributed by atoms with Crippen LogP contribution in [0.15, 0.2) is 82.4 Å². The van der Waals surface area contributed by atoms with Gasteiger partial charge in [-0.3, -0.25) is 4.79 Å². The minimum absolute atomic E-state index is 0.143. The largest absolute Gasteiger partial charge is 0.493 e. The van der Waals surface area contributed by atoms with Gasteiger partial charge in [-0.1, -0.05) is 60.7 Å². The molecule has 0 aromatic heterocycles. The highest BCUT2D eigenvalue weighted by Gasteiger charge is 2.14. The third kappa shape index (κ3) is 7.14. The molecule has 0 heterocycles. The van der Waals surface area contributed by atoms with Crippen molar-refractivity contribution in [1.82, 2.24) is 5.43 Å². The molecule has 5 nitrogen and oxygen atoms in total. The van der Waals surface area contributed by atoms with Crippen molar-refractivity contribution in [2.75, 3.05) is 7.11 Å². The fraction of sp³-hybridized carbons (Fsp3) is 0.200. The lowest BCUT2D eigenvalue weighted by Crippen LogP contribution is -2.27. The minimum Gasteiger partial charge on any atom is -0.493 e. The molecule has 0 saturated heterocycles. The Bertz CT molecular complexity index is 1050. The molecule has 166 valence electrons. The molecule has 3 aromatic carbocycles. The van der Waals surface area contributed by atoms with E-state index in [1.54, 1.807) is 25.1 Å². The molecule has 3 rings (SSSR count). The highest BCUT2D eigenvalue weighted by molar-refractivity contribution is 9.10. The Balaban J connectivity index is 1.56. The number of hydrazone groups is 1. The van der Waals surface area contributed by atoms with Crippen molar-refractivity contribution in [2.45, 2.75) is 24.5 Å². The predicted octanol–water partition coefficient (Wildman–Crippen LogP) is 5.81. The topological polar surface area (TPSA) is 59.9 Å². The van der Waals surface area contributed by atoms with E-state index in [1.165, 1.54) is 5.56 Å². The van der Waals surface area contributed by atoms with Gasteiger partial charge in [0.2, 0.25) is 0 Å². The number of hydrogen-bond donors (Lipinski definition) is 1. The first-order chi connectivity index (χ1) is 15.6. The Morgan fingerprint density at radius 2 is 1.75 bits per heavy atom. The van der Waals surface area contributed by atoms with Crippen LogP contribution in [0, 0.1) is 0 Å². The summed E-state index contributed by atoms with van der Waals surface area (Å²) in [6.07, 6.45) is 1.58. The molecule has 32 heavy (non-hydrogen) atoms. The Morgan fingerprint density at radius 3 is 2.41 bits per heavy atom. The van der Waals surface area contributed by atoms with Crippen LogP contribution in [0.25, 0.3) is 0 Å². The number of halogens is 1. The van der Waals surface area contributed by atoms with Gasteiger partial charge in [0.05, 0.1) is 23.0 Å². The van der Waals surface area contributed by atoms with Crippen LogP contribution in [-0.4, -0.2) is 24.5 Å². The van der Waals surface area contributed by atoms with Crippen LogP contribution >= 0.6 is 27.7 Å². The fourth-order valence-corrected chi connectivity index (χ4v) is 4.23. The number of carbonyl (C=O) groups is 1. The van der Waals surface area contributed by atoms with Crippen LogP contribution in [-0.2, 0) is 17.2 Å². The minimum atomic E-state index is -0.220. The first-order valence-electron chi connectivity index (χ1n) is 10.1. The standard InChI is InChI=1S/C25H25BrN2O3S/c1-18(32-17-20-11-7-4-8-12-20)25(29)28-27-15-21-13-22(26)24(23(14-21)30-2)31-16-19-9-5-3-6-10-19/h3-15,18H,16-17H2,1-2H3,(H,28,29)/b27-15-/t18-/m0/s1. The monoisotopic (exact) mass is 512 g/mol. The quantitative estimate of drug-likeness (QED) is 0.275. The second kappa shape index (κ2) is 12.3. The number of thioether (sulfide) groups is 1. The number of hydrogen-bond acceptors (Lipinski definition) is 5. The second-order valence-corrected chi connectivity index (χ2v) is 9.16. The first kappa shape index (κ1) is 23.9. The van der Waals surface area contributed by atoms with E-state index in [-0.39, 0.29) is 11.2 Å². The zero-order chi connectivity index (χ0) is 22.8. The summed E-state index contributed by atoms with van der Waals surface area (Å²) in [5.74, 6) is 1.82. The van der Waals surface area contributed by atoms with E-state index >= 15 is 0 Å². The van der Waals surface area contributed by atoms with Gasteiger partial charge < -0.3 is 9.47 Å². The van der Waals surface area contributed by atoms with Crippen LogP contribution in [0.1, 0.15) is 23.6 Å². The molecular formula is C25H25BrN2O3S. The number of carbonyl (C=O) groups excluding carboxylic acids is 1. The van der Waals surface area contributed by atoms with E-state index in [4.69, 9.17) is 9.47 Å². The molecule has 0 spiro atoms. The van der Waals surface area contributed by atoms with Gasteiger partial charge in [-0.25, -0.2) is 5.43 Å². The van der Waals surface area contributed by atoms with Gasteiger partial charge in [-0.15, -0.1) is 11.8 Å². The SMILES string of the molecule is COc1cc(/C=N\NC(=O)[C@H](C)SCc2ccccc2)cc(Br)c1OCc1ccccc1. The normalized spacial score (nSPS) is 11.8. The molecular weight excluding hydrogens is 488 g/mol. The lowest BCUT2D eigenvalue weighted by Gasteiger charge is -2.13. The Kier molecular flexibility index (Phi) is 9.19. The van der Waals surface area contributed by atoms with Gasteiger partial charge >= 0.3 is 0 Å². The van der Waals surface area contributed by atoms with Crippen molar-refractivity contribution in [3.63, 3.8) is 0 Å². The smallest absolute Gasteiger partial charge is 0.252 e. The first-order valence-corrected chi connectivity index (χ1v) is 11.9. The van der Waals surface area contributed by atoms with Gasteiger partial charge in [0.1, 0.15) is 6.61 Å². The molecule has 0 unspecified atom stereocenters. The van der Waals surface area contributed by atoms with Crippen molar-refractivity contribution in [2.24, 2.45) is 5.10 Å². The summed E-state index contributed by atoms with van der Waals surface area (Å²) >= 11 is 5.11. The van der Waals surface area contributed by atoms with Crippen molar-refractivity contribution in [1.29, 1.82) is 0 Å². The average molecular weight is 513 g/mol. The summed E-state index contributed by atoms with van der Waals surface area (Å²) < 4.78 is 12.2. The van der Waals surface area contributed by atoms with E-state index in [1.807, 2.05) is 79.7 Å². The molecule has 0 saturated carbocycles. The Morgan fingerprint density at radius 1 is 1.09 bits per heavy atom. The van der Waals surface area contributed by atoms with Crippen LogP contribution in [0.3, 0.4) is 0 Å². The van der Waals surface area contributed by atoms with Crippen molar-refractivity contribution >= 4 is 39.8 Å². The maximum Gasteiger partial charge on any atom is 0.252 e. The van der Waals surface area contributed by atoms with E-state index in [2.05, 4.69) is 26.5 Å². The molecule has 1 amide bonds. The molecule has 0 bridgehead atoms. The van der Waals surface area contributed by atoms with Crippen LogP contribution < -0.4 is 14.9 Å². The third-order valence-electron chi connectivity index (χ3n) is 4.58. The third-order valence-corrected chi connectivity index (χ3v) is 6.38. The molecule has 7 heteroatoms. The highest BCUT2D eigenvalue weighted by atomic mass is 79.9. The predicted molar refractivity (Wildman–Crippen MR) is 134 cm³/mol. The molecule has 1 N–H and O–H groups in total. The molecule has 0 aliphatic heterocycles. The zero-order valence-corrected chi connectivity index (χ0v) is 20.4. The number of methoxy groups -OCH3 is 1. The number of nitrogens with one attached hydrogen (secondary N) is 1. The van der Waals surface area contributed by atoms with Gasteiger partial charge in [0.25, 0.3) is 5.91 Å². The van der Waals surface area contributed by atoms with E-state index < -0.39 is 0 Å². The van der Waals surface area contributed by atoms with Gasteiger partial charge in [-0.2, -0.15) is 5.10 Å². The van der Waals surface area contributed by atoms with Crippen molar-refractivity contribution in [3.05, 3.63) is 94.0 Å². The van der Waals surface area contributed by atoms with Crippen LogP contribution in [0.5, 0.6) is 11.5 Å². The van der Waals surface area contributed by atoms with Gasteiger partial charge in [0.15, 0.2) is 11.5 Å². The van der Waals surface area contributed by atoms with Gasteiger partial charge in [0, 0.05) is 5.75 Å². The highest BCUT2D eigenvalue weighted by Crippen LogP contribution is 2.36. The number of ether oxygens (including phenoxy) is 2. The number of benzene rings is 3. The maximum atomic E-state index is 12.3. The summed E-state index contributed by atoms with van der Waals surface area (Å²) in [5.41, 5.74) is 5.63. The number of nitrogens with zero attached hydrogens (tertiary/aromatic N) is 1. The second-order valence-electron chi connectivity index (χ2n) is 6.98. The van der Waals surface area contributed by atoms with E-state index in [0.29, 0.717) is 18.1 Å². The summed E-state index contributed by atoms with van der Waals surface area (Å²) in [4.78, 5) is 12.3. The van der Waals surface area contributed by atoms with Crippen molar-refractivity contribution < 1.29 is 14.3 Å². The molecule has 0 radical (unpaired) electrons. The Labute approximate surface area is 201 Å². The fourth-order valence-electron chi connectivity index (χ4n) is 2.82.